The maximum Gasteiger partial charge on any atom is 0.488 e. The smallest absolute Gasteiger partial charge is 0.423 e. The largest absolute Gasteiger partial charge is 0.488 e. The van der Waals surface area contributed by atoms with Crippen molar-refractivity contribution in [2.45, 2.75) is 10.6 Å². The Kier molecular flexibility index (Phi) is 4.58. The molecule has 2 rings (SSSR count). The zero-order chi connectivity index (χ0) is 13.8. The fourth-order valence-corrected chi connectivity index (χ4v) is 2.43. The Morgan fingerprint density at radius 2 is 1.63 bits per heavy atom. The van der Waals surface area contributed by atoms with Crippen molar-refractivity contribution in [3.8, 4) is 0 Å². The van der Waals surface area contributed by atoms with Gasteiger partial charge >= 0.3 is 7.12 Å². The number of benzene rings is 2. The number of hydrogen-bond acceptors (Lipinski definition) is 3. The molecular weight excluding hydrogens is 269 g/mol. The van der Waals surface area contributed by atoms with Crippen LogP contribution in [0.1, 0.15) is 5.56 Å². The molecule has 0 bridgehead atoms. The van der Waals surface area contributed by atoms with Crippen LogP contribution in [0.4, 0.5) is 8.78 Å². The van der Waals surface area contributed by atoms with Crippen LogP contribution in [0.15, 0.2) is 47.4 Å². The lowest BCUT2D eigenvalue weighted by molar-refractivity contribution is 0.425. The highest BCUT2D eigenvalue weighted by atomic mass is 32.2. The van der Waals surface area contributed by atoms with E-state index >= 15 is 0 Å². The lowest BCUT2D eigenvalue weighted by Gasteiger charge is -2.06. The van der Waals surface area contributed by atoms with Gasteiger partial charge in [-0.15, -0.1) is 11.8 Å². The Morgan fingerprint density at radius 1 is 0.947 bits per heavy atom. The fraction of sp³-hybridized carbons (Fsp3) is 0.0769. The van der Waals surface area contributed by atoms with E-state index in [1.807, 2.05) is 0 Å². The molecule has 2 aromatic rings. The van der Waals surface area contributed by atoms with Gasteiger partial charge in [0, 0.05) is 10.6 Å². The van der Waals surface area contributed by atoms with Crippen LogP contribution in [0.25, 0.3) is 0 Å². The second-order valence-electron chi connectivity index (χ2n) is 4.01. The molecule has 98 valence electrons. The molecule has 2 nitrogen and oxygen atoms in total. The second kappa shape index (κ2) is 6.19. The standard InChI is InChI=1S/C13H11BF2O2S/c15-11-1-3-13(4-2-11)19-8-9-5-10(14(17)18)7-12(16)6-9/h1-7,17-18H,8H2. The summed E-state index contributed by atoms with van der Waals surface area (Å²) in [5, 5.41) is 18.1. The number of hydrogen-bond donors (Lipinski definition) is 2. The summed E-state index contributed by atoms with van der Waals surface area (Å²) in [4.78, 5) is 0.858. The van der Waals surface area contributed by atoms with Crippen LogP contribution < -0.4 is 5.46 Å². The summed E-state index contributed by atoms with van der Waals surface area (Å²) < 4.78 is 26.0. The predicted octanol–water partition coefficient (Wildman–Crippen LogP) is 1.94. The molecule has 0 radical (unpaired) electrons. The Morgan fingerprint density at radius 3 is 2.26 bits per heavy atom. The lowest BCUT2D eigenvalue weighted by Crippen LogP contribution is -2.30. The summed E-state index contributed by atoms with van der Waals surface area (Å²) in [5.41, 5.74) is 0.757. The number of thioether (sulfide) groups is 1. The van der Waals surface area contributed by atoms with E-state index in [4.69, 9.17) is 10.0 Å². The van der Waals surface area contributed by atoms with Gasteiger partial charge in [0.05, 0.1) is 0 Å². The minimum absolute atomic E-state index is 0.120. The van der Waals surface area contributed by atoms with Gasteiger partial charge in [0.15, 0.2) is 0 Å². The molecule has 0 aliphatic heterocycles. The van der Waals surface area contributed by atoms with Gasteiger partial charge in [-0.25, -0.2) is 8.78 Å². The van der Waals surface area contributed by atoms with Gasteiger partial charge < -0.3 is 10.0 Å². The highest BCUT2D eigenvalue weighted by Gasteiger charge is 2.13. The van der Waals surface area contributed by atoms with Crippen LogP contribution in [0.2, 0.25) is 0 Å². The third-order valence-corrected chi connectivity index (χ3v) is 3.58. The average Bonchev–Trinajstić information content (AvgIpc) is 2.37. The zero-order valence-corrected chi connectivity index (χ0v) is 10.7. The third kappa shape index (κ3) is 4.06. The lowest BCUT2D eigenvalue weighted by atomic mass is 9.79. The van der Waals surface area contributed by atoms with Crippen LogP contribution >= 0.6 is 11.8 Å². The molecule has 0 atom stereocenters. The van der Waals surface area contributed by atoms with Crippen molar-refractivity contribution in [1.29, 1.82) is 0 Å². The normalized spacial score (nSPS) is 10.5. The second-order valence-corrected chi connectivity index (χ2v) is 5.06. The predicted molar refractivity (Wildman–Crippen MR) is 72.2 cm³/mol. The molecule has 0 saturated carbocycles. The molecule has 0 aliphatic carbocycles. The van der Waals surface area contributed by atoms with Crippen LogP contribution in [0, 0.1) is 11.6 Å². The summed E-state index contributed by atoms with van der Waals surface area (Å²) in [6.45, 7) is 0. The summed E-state index contributed by atoms with van der Waals surface area (Å²) in [5.74, 6) is -0.357. The minimum atomic E-state index is -1.69. The van der Waals surface area contributed by atoms with Crippen molar-refractivity contribution in [3.05, 3.63) is 59.7 Å². The average molecular weight is 280 g/mol. The molecule has 2 aromatic carbocycles. The summed E-state index contributed by atoms with van der Waals surface area (Å²) >= 11 is 1.41. The van der Waals surface area contributed by atoms with Crippen LogP contribution in [-0.4, -0.2) is 17.2 Å². The van der Waals surface area contributed by atoms with E-state index in [9.17, 15) is 8.78 Å². The fourth-order valence-electron chi connectivity index (χ4n) is 1.61. The highest BCUT2D eigenvalue weighted by Crippen LogP contribution is 2.22. The van der Waals surface area contributed by atoms with E-state index in [1.54, 1.807) is 12.1 Å². The highest BCUT2D eigenvalue weighted by molar-refractivity contribution is 7.98. The molecule has 0 heterocycles. The van der Waals surface area contributed by atoms with E-state index in [1.165, 1.54) is 36.0 Å². The molecule has 6 heteroatoms. The van der Waals surface area contributed by atoms with Crippen LogP contribution in [0.3, 0.4) is 0 Å². The van der Waals surface area contributed by atoms with Gasteiger partial charge in [-0.1, -0.05) is 6.07 Å². The maximum atomic E-state index is 13.3. The molecule has 0 spiro atoms. The van der Waals surface area contributed by atoms with Crippen molar-refractivity contribution in [1.82, 2.24) is 0 Å². The number of halogens is 2. The SMILES string of the molecule is OB(O)c1cc(F)cc(CSc2ccc(F)cc2)c1. The molecule has 0 unspecified atom stereocenters. The van der Waals surface area contributed by atoms with Gasteiger partial charge in [-0.3, -0.25) is 0 Å². The van der Waals surface area contributed by atoms with E-state index in [0.717, 1.165) is 11.0 Å². The Bertz CT molecular complexity index is 561. The first kappa shape index (κ1) is 14.1. The van der Waals surface area contributed by atoms with Crippen molar-refractivity contribution >= 4 is 24.3 Å². The molecule has 0 aliphatic rings. The van der Waals surface area contributed by atoms with E-state index in [-0.39, 0.29) is 11.3 Å². The molecule has 0 saturated heterocycles. The molecule has 2 N–H and O–H groups in total. The van der Waals surface area contributed by atoms with Crippen molar-refractivity contribution in [2.24, 2.45) is 0 Å². The molecule has 19 heavy (non-hydrogen) atoms. The Balaban J connectivity index is 2.08. The van der Waals surface area contributed by atoms with Crippen molar-refractivity contribution in [3.63, 3.8) is 0 Å². The molecular formula is C13H11BF2O2S. The van der Waals surface area contributed by atoms with Crippen molar-refractivity contribution < 1.29 is 18.8 Å². The van der Waals surface area contributed by atoms with Gasteiger partial charge in [0.2, 0.25) is 0 Å². The maximum absolute atomic E-state index is 13.3. The first-order valence-electron chi connectivity index (χ1n) is 5.58. The minimum Gasteiger partial charge on any atom is -0.423 e. The van der Waals surface area contributed by atoms with Crippen LogP contribution in [0.5, 0.6) is 0 Å². The van der Waals surface area contributed by atoms with Crippen LogP contribution in [-0.2, 0) is 5.75 Å². The topological polar surface area (TPSA) is 40.5 Å². The van der Waals surface area contributed by atoms with E-state index in [2.05, 4.69) is 0 Å². The van der Waals surface area contributed by atoms with Crippen molar-refractivity contribution in [2.75, 3.05) is 0 Å². The molecule has 0 amide bonds. The summed E-state index contributed by atoms with van der Waals surface area (Å²) in [6, 6.07) is 9.94. The van der Waals surface area contributed by atoms with Gasteiger partial charge in [-0.2, -0.15) is 0 Å². The first-order valence-corrected chi connectivity index (χ1v) is 6.57. The summed E-state index contributed by atoms with van der Waals surface area (Å²) in [7, 11) is -1.69. The van der Waals surface area contributed by atoms with Gasteiger partial charge in [0.25, 0.3) is 0 Å². The summed E-state index contributed by atoms with van der Waals surface area (Å²) in [6.07, 6.45) is 0. The Hall–Kier alpha value is -1.37. The van der Waals surface area contributed by atoms with Gasteiger partial charge in [0.1, 0.15) is 11.6 Å². The first-order chi connectivity index (χ1) is 9.04. The third-order valence-electron chi connectivity index (χ3n) is 2.50. The van der Waals surface area contributed by atoms with Gasteiger partial charge in [-0.05, 0) is 47.4 Å². The Labute approximate surface area is 114 Å². The molecule has 0 aromatic heterocycles. The quantitative estimate of drug-likeness (QED) is 0.664. The van der Waals surface area contributed by atoms with E-state index in [0.29, 0.717) is 11.3 Å². The van der Waals surface area contributed by atoms with E-state index < -0.39 is 12.9 Å². The monoisotopic (exact) mass is 280 g/mol. The molecule has 0 fully saturated rings. The number of rotatable bonds is 4. The zero-order valence-electron chi connectivity index (χ0n) is 9.88.